The van der Waals surface area contributed by atoms with E-state index in [1.54, 1.807) is 13.8 Å². The highest BCUT2D eigenvalue weighted by Gasteiger charge is 2.27. The summed E-state index contributed by atoms with van der Waals surface area (Å²) in [7, 11) is 0. The molecule has 0 saturated heterocycles. The number of hydrogen-bond donors (Lipinski definition) is 1. The van der Waals surface area contributed by atoms with Gasteiger partial charge in [-0.2, -0.15) is 0 Å². The Kier molecular flexibility index (Phi) is 3.27. The predicted octanol–water partition coefficient (Wildman–Crippen LogP) is 3.31. The van der Waals surface area contributed by atoms with Gasteiger partial charge in [-0.15, -0.1) is 0 Å². The predicted molar refractivity (Wildman–Crippen MR) is 55.9 cm³/mol. The molecule has 0 radical (unpaired) electrons. The number of rotatable bonds is 2. The smallest absolute Gasteiger partial charge is 0.145 e. The van der Waals surface area contributed by atoms with Crippen molar-refractivity contribution >= 4 is 15.9 Å². The average Bonchev–Trinajstić information content (AvgIpc) is 2.12. The van der Waals surface area contributed by atoms with Crippen LogP contribution in [0.5, 0.6) is 0 Å². The second kappa shape index (κ2) is 3.95. The van der Waals surface area contributed by atoms with E-state index in [9.17, 15) is 8.78 Å². The van der Waals surface area contributed by atoms with Gasteiger partial charge in [0.25, 0.3) is 0 Å². The summed E-state index contributed by atoms with van der Waals surface area (Å²) in [6.45, 7) is 3.40. The van der Waals surface area contributed by atoms with Crippen molar-refractivity contribution in [1.29, 1.82) is 0 Å². The summed E-state index contributed by atoms with van der Waals surface area (Å²) in [5.74, 6) is -1.21. The van der Waals surface area contributed by atoms with Crippen LogP contribution in [0, 0.1) is 11.6 Å². The van der Waals surface area contributed by atoms with E-state index >= 15 is 0 Å². The lowest BCUT2D eigenvalue weighted by Crippen LogP contribution is -2.34. The van der Waals surface area contributed by atoms with Crippen LogP contribution in [0.15, 0.2) is 16.6 Å². The Morgan fingerprint density at radius 1 is 1.43 bits per heavy atom. The van der Waals surface area contributed by atoms with Crippen LogP contribution < -0.4 is 5.73 Å². The van der Waals surface area contributed by atoms with E-state index in [1.165, 1.54) is 12.1 Å². The molecule has 0 spiro atoms. The molecular weight excluding hydrogens is 252 g/mol. The standard InChI is InChI=1S/C10H12BrF2N/c1-3-10(2,14)8-7(12)5-4-6(11)9(8)13/h4-5H,3,14H2,1-2H3. The first-order valence-corrected chi connectivity index (χ1v) is 5.12. The minimum absolute atomic E-state index is 0.0608. The van der Waals surface area contributed by atoms with E-state index in [0.29, 0.717) is 6.42 Å². The highest BCUT2D eigenvalue weighted by molar-refractivity contribution is 9.10. The number of nitrogens with two attached hydrogens (primary N) is 1. The van der Waals surface area contributed by atoms with Crippen molar-refractivity contribution in [2.75, 3.05) is 0 Å². The Morgan fingerprint density at radius 2 is 2.00 bits per heavy atom. The Balaban J connectivity index is 3.40. The molecule has 0 aliphatic heterocycles. The van der Waals surface area contributed by atoms with Gasteiger partial charge in [0.1, 0.15) is 11.6 Å². The Hall–Kier alpha value is -0.480. The van der Waals surface area contributed by atoms with Gasteiger partial charge in [0.2, 0.25) is 0 Å². The molecule has 0 aliphatic carbocycles. The molecule has 0 saturated carbocycles. The van der Waals surface area contributed by atoms with Gasteiger partial charge >= 0.3 is 0 Å². The lowest BCUT2D eigenvalue weighted by atomic mass is 9.90. The molecule has 0 bridgehead atoms. The van der Waals surface area contributed by atoms with E-state index in [1.807, 2.05) is 0 Å². The minimum Gasteiger partial charge on any atom is -0.321 e. The molecule has 1 aromatic carbocycles. The van der Waals surface area contributed by atoms with Crippen LogP contribution in [0.4, 0.5) is 8.78 Å². The van der Waals surface area contributed by atoms with Crippen LogP contribution in [0.25, 0.3) is 0 Å². The normalized spacial score (nSPS) is 15.3. The fourth-order valence-corrected chi connectivity index (χ4v) is 1.56. The van der Waals surface area contributed by atoms with E-state index in [4.69, 9.17) is 5.73 Å². The van der Waals surface area contributed by atoms with Gasteiger partial charge < -0.3 is 5.73 Å². The molecule has 4 heteroatoms. The third kappa shape index (κ3) is 1.96. The molecule has 1 unspecified atom stereocenters. The van der Waals surface area contributed by atoms with Crippen LogP contribution in [-0.4, -0.2) is 0 Å². The summed E-state index contributed by atoms with van der Waals surface area (Å²) >= 11 is 3.00. The fourth-order valence-electron chi connectivity index (χ4n) is 1.23. The number of halogens is 3. The molecule has 1 atom stereocenters. The van der Waals surface area contributed by atoms with Gasteiger partial charge in [-0.1, -0.05) is 6.92 Å². The first kappa shape index (κ1) is 11.6. The second-order valence-corrected chi connectivity index (χ2v) is 4.34. The molecule has 2 N–H and O–H groups in total. The molecule has 1 aromatic rings. The SMILES string of the molecule is CCC(C)(N)c1c(F)ccc(Br)c1F. The van der Waals surface area contributed by atoms with Crippen molar-refractivity contribution in [3.63, 3.8) is 0 Å². The second-order valence-electron chi connectivity index (χ2n) is 3.49. The third-order valence-electron chi connectivity index (χ3n) is 2.35. The maximum atomic E-state index is 13.6. The summed E-state index contributed by atoms with van der Waals surface area (Å²) in [4.78, 5) is 0. The highest BCUT2D eigenvalue weighted by atomic mass is 79.9. The summed E-state index contributed by atoms with van der Waals surface area (Å²) in [5, 5.41) is 0. The van der Waals surface area contributed by atoms with E-state index < -0.39 is 17.2 Å². The highest BCUT2D eigenvalue weighted by Crippen LogP contribution is 2.30. The fraction of sp³-hybridized carbons (Fsp3) is 0.400. The zero-order valence-electron chi connectivity index (χ0n) is 8.07. The maximum absolute atomic E-state index is 13.6. The summed E-state index contributed by atoms with van der Waals surface area (Å²) in [6.07, 6.45) is 0.470. The molecule has 0 heterocycles. The topological polar surface area (TPSA) is 26.0 Å². The van der Waals surface area contributed by atoms with E-state index in [2.05, 4.69) is 15.9 Å². The number of hydrogen-bond acceptors (Lipinski definition) is 1. The van der Waals surface area contributed by atoms with Gasteiger partial charge in [-0.25, -0.2) is 8.78 Å². The van der Waals surface area contributed by atoms with E-state index in [-0.39, 0.29) is 10.0 Å². The summed E-state index contributed by atoms with van der Waals surface area (Å²) in [6, 6.07) is 2.54. The lowest BCUT2D eigenvalue weighted by Gasteiger charge is -2.24. The molecule has 14 heavy (non-hydrogen) atoms. The maximum Gasteiger partial charge on any atom is 0.145 e. The van der Waals surface area contributed by atoms with Gasteiger partial charge in [0.15, 0.2) is 0 Å². The van der Waals surface area contributed by atoms with Gasteiger partial charge in [0, 0.05) is 11.1 Å². The third-order valence-corrected chi connectivity index (χ3v) is 2.96. The molecule has 1 rings (SSSR count). The zero-order chi connectivity index (χ0) is 10.9. The Bertz CT molecular complexity index is 350. The largest absolute Gasteiger partial charge is 0.321 e. The first-order chi connectivity index (χ1) is 6.40. The average molecular weight is 264 g/mol. The minimum atomic E-state index is -0.974. The molecule has 0 aliphatic rings. The van der Waals surface area contributed by atoms with Gasteiger partial charge in [-0.05, 0) is 41.4 Å². The molecule has 1 nitrogen and oxygen atoms in total. The van der Waals surface area contributed by atoms with Crippen LogP contribution in [0.2, 0.25) is 0 Å². The van der Waals surface area contributed by atoms with Crippen LogP contribution >= 0.6 is 15.9 Å². The van der Waals surface area contributed by atoms with Crippen LogP contribution in [0.1, 0.15) is 25.8 Å². The van der Waals surface area contributed by atoms with Crippen molar-refractivity contribution in [1.82, 2.24) is 0 Å². The number of benzene rings is 1. The van der Waals surface area contributed by atoms with E-state index in [0.717, 1.165) is 0 Å². The zero-order valence-corrected chi connectivity index (χ0v) is 9.66. The van der Waals surface area contributed by atoms with Crippen molar-refractivity contribution in [3.05, 3.63) is 33.8 Å². The van der Waals surface area contributed by atoms with Crippen molar-refractivity contribution in [3.8, 4) is 0 Å². The molecule has 78 valence electrons. The van der Waals surface area contributed by atoms with Crippen molar-refractivity contribution in [2.45, 2.75) is 25.8 Å². The summed E-state index contributed by atoms with van der Waals surface area (Å²) < 4.78 is 27.2. The van der Waals surface area contributed by atoms with Crippen LogP contribution in [-0.2, 0) is 5.54 Å². The Labute approximate surface area is 90.4 Å². The van der Waals surface area contributed by atoms with Crippen molar-refractivity contribution in [2.24, 2.45) is 5.73 Å². The summed E-state index contributed by atoms with van der Waals surface area (Å²) in [5.41, 5.74) is 4.77. The molecule has 0 aromatic heterocycles. The lowest BCUT2D eigenvalue weighted by molar-refractivity contribution is 0.414. The monoisotopic (exact) mass is 263 g/mol. The first-order valence-electron chi connectivity index (χ1n) is 4.33. The van der Waals surface area contributed by atoms with Crippen LogP contribution in [0.3, 0.4) is 0 Å². The van der Waals surface area contributed by atoms with Gasteiger partial charge in [-0.3, -0.25) is 0 Å². The Morgan fingerprint density at radius 3 is 2.50 bits per heavy atom. The molecular formula is C10H12BrF2N. The van der Waals surface area contributed by atoms with Crippen molar-refractivity contribution < 1.29 is 8.78 Å². The van der Waals surface area contributed by atoms with Gasteiger partial charge in [0.05, 0.1) is 4.47 Å². The molecule has 0 fully saturated rings. The molecule has 0 amide bonds. The quantitative estimate of drug-likeness (QED) is 0.815.